The summed E-state index contributed by atoms with van der Waals surface area (Å²) in [5.74, 6) is 1.62. The molecule has 2 N–H and O–H groups in total. The number of fused-ring (bicyclic) bond motifs is 1. The highest BCUT2D eigenvalue weighted by molar-refractivity contribution is 7.17. The molecule has 2 aromatic carbocycles. The Morgan fingerprint density at radius 1 is 1.13 bits per heavy atom. The number of benzene rings is 2. The molecule has 1 unspecified atom stereocenters. The summed E-state index contributed by atoms with van der Waals surface area (Å²) in [6.45, 7) is 2.66. The molecule has 1 atom stereocenters. The topological polar surface area (TPSA) is 69.2 Å². The van der Waals surface area contributed by atoms with Gasteiger partial charge in [-0.2, -0.15) is 0 Å². The van der Waals surface area contributed by atoms with Gasteiger partial charge in [-0.3, -0.25) is 9.69 Å². The van der Waals surface area contributed by atoms with Crippen LogP contribution in [0.5, 0.6) is 5.75 Å². The predicted molar refractivity (Wildman–Crippen MR) is 121 cm³/mol. The van der Waals surface area contributed by atoms with E-state index in [0.29, 0.717) is 23.6 Å². The predicted octanol–water partition coefficient (Wildman–Crippen LogP) is 4.42. The van der Waals surface area contributed by atoms with Crippen molar-refractivity contribution in [1.29, 1.82) is 0 Å². The third-order valence-corrected chi connectivity index (χ3v) is 6.65. The molecule has 4 aromatic rings. The fourth-order valence-electron chi connectivity index (χ4n) is 4.30. The van der Waals surface area contributed by atoms with E-state index in [1.165, 1.54) is 16.9 Å². The molecule has 152 valence electrons. The lowest BCUT2D eigenvalue weighted by Crippen LogP contribution is -2.24. The molecule has 1 aliphatic rings. The van der Waals surface area contributed by atoms with Gasteiger partial charge in [-0.25, -0.2) is 4.98 Å². The second kappa shape index (κ2) is 8.05. The Morgan fingerprint density at radius 3 is 2.73 bits per heavy atom. The highest BCUT2D eigenvalue weighted by Crippen LogP contribution is 2.30. The summed E-state index contributed by atoms with van der Waals surface area (Å²) >= 11 is 1.53. The van der Waals surface area contributed by atoms with Crippen LogP contribution in [0, 0.1) is 5.92 Å². The van der Waals surface area contributed by atoms with Crippen molar-refractivity contribution in [3.63, 3.8) is 0 Å². The summed E-state index contributed by atoms with van der Waals surface area (Å²) < 4.78 is 0. The van der Waals surface area contributed by atoms with Crippen LogP contribution in [-0.2, 0) is 13.0 Å². The molecule has 0 radical (unpaired) electrons. The average molecular weight is 418 g/mol. The maximum Gasteiger partial charge on any atom is 0.260 e. The van der Waals surface area contributed by atoms with Gasteiger partial charge in [-0.05, 0) is 48.6 Å². The third-order valence-electron chi connectivity index (χ3n) is 5.78. The first-order valence-corrected chi connectivity index (χ1v) is 11.1. The van der Waals surface area contributed by atoms with E-state index in [1.54, 1.807) is 12.1 Å². The first kappa shape index (κ1) is 19.0. The summed E-state index contributed by atoms with van der Waals surface area (Å²) in [6.07, 6.45) is 2.13. The van der Waals surface area contributed by atoms with Crippen molar-refractivity contribution < 1.29 is 5.11 Å². The van der Waals surface area contributed by atoms with Crippen molar-refractivity contribution in [2.75, 3.05) is 13.1 Å². The number of aromatic nitrogens is 2. The zero-order valence-corrected chi connectivity index (χ0v) is 17.4. The number of nitrogens with one attached hydrogen (secondary N) is 1. The smallest absolute Gasteiger partial charge is 0.260 e. The maximum atomic E-state index is 12.8. The Hall–Kier alpha value is -2.96. The van der Waals surface area contributed by atoms with Gasteiger partial charge in [0.1, 0.15) is 16.4 Å². The van der Waals surface area contributed by atoms with Gasteiger partial charge in [-0.15, -0.1) is 11.3 Å². The van der Waals surface area contributed by atoms with E-state index in [4.69, 9.17) is 4.98 Å². The Kier molecular flexibility index (Phi) is 5.11. The van der Waals surface area contributed by atoms with Gasteiger partial charge in [0.25, 0.3) is 5.56 Å². The largest absolute Gasteiger partial charge is 0.508 e. The SMILES string of the molecule is O=c1[nH]c(CN2CCC(Cc3ccc(O)cc3)C2)nc2scc(-c3ccccc3)c12. The van der Waals surface area contributed by atoms with Crippen LogP contribution >= 0.6 is 11.3 Å². The quantitative estimate of drug-likeness (QED) is 0.504. The number of nitrogens with zero attached hydrogens (tertiary/aromatic N) is 2. The van der Waals surface area contributed by atoms with Gasteiger partial charge >= 0.3 is 0 Å². The van der Waals surface area contributed by atoms with Crippen LogP contribution < -0.4 is 5.56 Å². The third kappa shape index (κ3) is 3.88. The van der Waals surface area contributed by atoms with Crippen LogP contribution in [0.4, 0.5) is 0 Å². The summed E-state index contributed by atoms with van der Waals surface area (Å²) in [5.41, 5.74) is 3.18. The number of H-pyrrole nitrogens is 1. The van der Waals surface area contributed by atoms with Gasteiger partial charge in [0.15, 0.2) is 0 Å². The molecule has 30 heavy (non-hydrogen) atoms. The van der Waals surface area contributed by atoms with Crippen LogP contribution in [0.15, 0.2) is 64.8 Å². The second-order valence-corrected chi connectivity index (χ2v) is 8.83. The van der Waals surface area contributed by atoms with Gasteiger partial charge in [0.2, 0.25) is 0 Å². The molecule has 0 spiro atoms. The van der Waals surface area contributed by atoms with E-state index in [9.17, 15) is 9.90 Å². The molecule has 0 amide bonds. The highest BCUT2D eigenvalue weighted by atomic mass is 32.1. The van der Waals surface area contributed by atoms with Gasteiger partial charge in [0, 0.05) is 17.5 Å². The summed E-state index contributed by atoms with van der Waals surface area (Å²) in [6, 6.07) is 17.5. The monoisotopic (exact) mass is 417 g/mol. The molecular formula is C24H23N3O2S. The summed E-state index contributed by atoms with van der Waals surface area (Å²) in [7, 11) is 0. The lowest BCUT2D eigenvalue weighted by molar-refractivity contribution is 0.308. The minimum absolute atomic E-state index is 0.0602. The number of phenols is 1. The Balaban J connectivity index is 1.30. The molecule has 5 nitrogen and oxygen atoms in total. The van der Waals surface area contributed by atoms with Crippen LogP contribution in [0.3, 0.4) is 0 Å². The summed E-state index contributed by atoms with van der Waals surface area (Å²) in [4.78, 5) is 23.8. The number of hydrogen-bond donors (Lipinski definition) is 2. The normalized spacial score (nSPS) is 17.0. The lowest BCUT2D eigenvalue weighted by atomic mass is 9.99. The number of thiophene rings is 1. The molecule has 2 aromatic heterocycles. The number of phenolic OH excluding ortho intramolecular Hbond substituents is 1. The highest BCUT2D eigenvalue weighted by Gasteiger charge is 2.24. The van der Waals surface area contributed by atoms with Gasteiger partial charge < -0.3 is 10.1 Å². The first-order valence-electron chi connectivity index (χ1n) is 10.2. The van der Waals surface area contributed by atoms with Crippen LogP contribution in [0.1, 0.15) is 17.8 Å². The van der Waals surface area contributed by atoms with E-state index >= 15 is 0 Å². The number of aromatic amines is 1. The molecule has 0 aliphatic carbocycles. The van der Waals surface area contributed by atoms with Crippen molar-refractivity contribution in [3.05, 3.63) is 81.7 Å². The zero-order chi connectivity index (χ0) is 20.5. The van der Waals surface area contributed by atoms with Crippen LogP contribution in [0.25, 0.3) is 21.3 Å². The molecular weight excluding hydrogens is 394 g/mol. The van der Waals surface area contributed by atoms with Gasteiger partial charge in [-0.1, -0.05) is 42.5 Å². The van der Waals surface area contributed by atoms with E-state index in [1.807, 2.05) is 47.8 Å². The Labute approximate surface area is 178 Å². The van der Waals surface area contributed by atoms with Crippen LogP contribution in [0.2, 0.25) is 0 Å². The van der Waals surface area contributed by atoms with E-state index in [2.05, 4.69) is 9.88 Å². The van der Waals surface area contributed by atoms with E-state index in [-0.39, 0.29) is 5.56 Å². The fourth-order valence-corrected chi connectivity index (χ4v) is 5.27. The van der Waals surface area contributed by atoms with E-state index in [0.717, 1.165) is 47.7 Å². The van der Waals surface area contributed by atoms with Crippen molar-refractivity contribution in [1.82, 2.24) is 14.9 Å². The summed E-state index contributed by atoms with van der Waals surface area (Å²) in [5, 5.41) is 12.1. The zero-order valence-electron chi connectivity index (χ0n) is 16.5. The number of rotatable bonds is 5. The van der Waals surface area contributed by atoms with Crippen molar-refractivity contribution in [3.8, 4) is 16.9 Å². The standard InChI is InChI=1S/C24H23N3O2S/c28-19-8-6-16(7-9-19)12-17-10-11-27(13-17)14-21-25-23(29)22-20(15-30-24(22)26-21)18-4-2-1-3-5-18/h1-9,15,17,28H,10-14H2,(H,25,26,29). The number of aromatic hydroxyl groups is 1. The second-order valence-electron chi connectivity index (χ2n) is 7.97. The number of hydrogen-bond acceptors (Lipinski definition) is 5. The molecule has 0 saturated carbocycles. The Morgan fingerprint density at radius 2 is 1.93 bits per heavy atom. The molecule has 3 heterocycles. The molecule has 1 aliphatic heterocycles. The first-order chi connectivity index (χ1) is 14.7. The van der Waals surface area contributed by atoms with Gasteiger partial charge in [0.05, 0.1) is 11.9 Å². The molecule has 6 heteroatoms. The van der Waals surface area contributed by atoms with Crippen LogP contribution in [-0.4, -0.2) is 33.1 Å². The van der Waals surface area contributed by atoms with E-state index < -0.39 is 0 Å². The van der Waals surface area contributed by atoms with Crippen molar-refractivity contribution in [2.24, 2.45) is 5.92 Å². The van der Waals surface area contributed by atoms with Crippen molar-refractivity contribution in [2.45, 2.75) is 19.4 Å². The maximum absolute atomic E-state index is 12.8. The molecule has 5 rings (SSSR count). The minimum atomic E-state index is -0.0602. The Bertz CT molecular complexity index is 1210. The molecule has 0 bridgehead atoms. The number of likely N-dealkylation sites (tertiary alicyclic amines) is 1. The molecule has 1 fully saturated rings. The van der Waals surface area contributed by atoms with Crippen molar-refractivity contribution >= 4 is 21.6 Å². The minimum Gasteiger partial charge on any atom is -0.508 e. The average Bonchev–Trinajstić information content (AvgIpc) is 3.37. The lowest BCUT2D eigenvalue weighted by Gasteiger charge is -2.15. The fraction of sp³-hybridized carbons (Fsp3) is 0.250. The molecule has 1 saturated heterocycles.